The van der Waals surface area contributed by atoms with Gasteiger partial charge in [0.25, 0.3) is 5.91 Å². The number of hydrogen-bond donors (Lipinski definition) is 1. The molecule has 1 amide bonds. The van der Waals surface area contributed by atoms with Gasteiger partial charge < -0.3 is 19.7 Å². The highest BCUT2D eigenvalue weighted by Gasteiger charge is 2.29. The van der Waals surface area contributed by atoms with Crippen LogP contribution in [-0.4, -0.2) is 38.6 Å². The van der Waals surface area contributed by atoms with Crippen molar-refractivity contribution in [1.29, 1.82) is 0 Å². The van der Waals surface area contributed by atoms with Crippen LogP contribution >= 0.6 is 12.4 Å². The van der Waals surface area contributed by atoms with Crippen molar-refractivity contribution >= 4 is 18.3 Å². The van der Waals surface area contributed by atoms with Gasteiger partial charge in [-0.15, -0.1) is 12.4 Å². The number of hydrogen-bond acceptors (Lipinski definition) is 5. The van der Waals surface area contributed by atoms with E-state index in [1.165, 1.54) is 0 Å². The van der Waals surface area contributed by atoms with E-state index in [0.717, 1.165) is 31.6 Å². The maximum atomic E-state index is 12.6. The van der Waals surface area contributed by atoms with Crippen LogP contribution in [0.2, 0.25) is 0 Å². The molecule has 0 saturated heterocycles. The Balaban J connectivity index is 0.00000208. The van der Waals surface area contributed by atoms with Gasteiger partial charge in [0.2, 0.25) is 11.7 Å². The average molecular weight is 354 g/mol. The lowest BCUT2D eigenvalue weighted by atomic mass is 10.1. The van der Waals surface area contributed by atoms with Gasteiger partial charge in [0, 0.05) is 19.6 Å². The molecule has 0 atom stereocenters. The van der Waals surface area contributed by atoms with Crippen LogP contribution in [0.25, 0.3) is 11.5 Å². The van der Waals surface area contributed by atoms with Gasteiger partial charge in [0.05, 0.1) is 11.2 Å². The monoisotopic (exact) mass is 353 g/mol. The molecule has 0 unspecified atom stereocenters. The molecule has 0 radical (unpaired) electrons. The Morgan fingerprint density at radius 1 is 1.29 bits per heavy atom. The Hall–Kier alpha value is -1.86. The van der Waals surface area contributed by atoms with E-state index >= 15 is 0 Å². The molecule has 3 heterocycles. The first-order valence-corrected chi connectivity index (χ1v) is 8.04. The number of nitrogens with zero attached hydrogens (tertiary/aromatic N) is 4. The lowest BCUT2D eigenvalue weighted by Gasteiger charge is -2.29. The van der Waals surface area contributed by atoms with Gasteiger partial charge in [-0.25, -0.2) is 0 Å². The molecule has 0 aromatic carbocycles. The summed E-state index contributed by atoms with van der Waals surface area (Å²) >= 11 is 0. The van der Waals surface area contributed by atoms with Crippen molar-refractivity contribution in [1.82, 2.24) is 19.6 Å². The third-order valence-electron chi connectivity index (χ3n) is 4.07. The van der Waals surface area contributed by atoms with E-state index in [1.54, 1.807) is 0 Å². The molecule has 0 bridgehead atoms. The van der Waals surface area contributed by atoms with E-state index in [-0.39, 0.29) is 18.3 Å². The van der Waals surface area contributed by atoms with Crippen molar-refractivity contribution in [3.8, 4) is 11.5 Å². The molecule has 8 heteroatoms. The van der Waals surface area contributed by atoms with E-state index in [4.69, 9.17) is 10.3 Å². The molecule has 0 aliphatic carbocycles. The SMILES string of the molecule is CCCCN1CCn2c(ccc2-c2noc(C(C)(C)N)n2)C1=O.Cl. The second-order valence-corrected chi connectivity index (χ2v) is 6.55. The molecular formula is C16H24ClN5O2. The zero-order valence-electron chi connectivity index (χ0n) is 14.3. The maximum Gasteiger partial charge on any atom is 0.270 e. The lowest BCUT2D eigenvalue weighted by Crippen LogP contribution is -2.40. The normalized spacial score (nSPS) is 14.5. The molecule has 1 aliphatic heterocycles. The Kier molecular flexibility index (Phi) is 5.35. The van der Waals surface area contributed by atoms with Crippen molar-refractivity contribution < 1.29 is 9.32 Å². The summed E-state index contributed by atoms with van der Waals surface area (Å²) in [6.07, 6.45) is 2.11. The van der Waals surface area contributed by atoms with Gasteiger partial charge in [0.1, 0.15) is 5.69 Å². The van der Waals surface area contributed by atoms with E-state index in [0.29, 0.717) is 24.0 Å². The zero-order valence-corrected chi connectivity index (χ0v) is 15.1. The van der Waals surface area contributed by atoms with Crippen LogP contribution in [0.5, 0.6) is 0 Å². The molecule has 0 saturated carbocycles. The molecule has 24 heavy (non-hydrogen) atoms. The van der Waals surface area contributed by atoms with Crippen LogP contribution in [0.3, 0.4) is 0 Å². The van der Waals surface area contributed by atoms with Crippen LogP contribution in [0, 0.1) is 0 Å². The fourth-order valence-corrected chi connectivity index (χ4v) is 2.73. The molecule has 132 valence electrons. The summed E-state index contributed by atoms with van der Waals surface area (Å²) in [5, 5.41) is 4.02. The van der Waals surface area contributed by atoms with E-state index < -0.39 is 5.54 Å². The first-order chi connectivity index (χ1) is 10.9. The number of unbranched alkanes of at least 4 members (excludes halogenated alkanes) is 1. The van der Waals surface area contributed by atoms with Gasteiger partial charge in [-0.3, -0.25) is 4.79 Å². The fraction of sp³-hybridized carbons (Fsp3) is 0.562. The van der Waals surface area contributed by atoms with Gasteiger partial charge in [0.15, 0.2) is 0 Å². The minimum absolute atomic E-state index is 0. The van der Waals surface area contributed by atoms with Gasteiger partial charge in [-0.1, -0.05) is 18.5 Å². The van der Waals surface area contributed by atoms with Crippen molar-refractivity contribution in [3.63, 3.8) is 0 Å². The number of carbonyl (C=O) groups is 1. The second kappa shape index (κ2) is 6.94. The third kappa shape index (κ3) is 3.32. The largest absolute Gasteiger partial charge is 0.337 e. The molecule has 2 aromatic heterocycles. The average Bonchev–Trinajstić information content (AvgIpc) is 3.12. The summed E-state index contributed by atoms with van der Waals surface area (Å²) in [7, 11) is 0. The number of nitrogens with two attached hydrogens (primary N) is 1. The number of fused-ring (bicyclic) bond motifs is 1. The van der Waals surface area contributed by atoms with Crippen molar-refractivity contribution in [2.75, 3.05) is 13.1 Å². The second-order valence-electron chi connectivity index (χ2n) is 6.55. The number of carbonyl (C=O) groups excluding carboxylic acids is 1. The Morgan fingerprint density at radius 3 is 2.62 bits per heavy atom. The fourth-order valence-electron chi connectivity index (χ4n) is 2.73. The smallest absolute Gasteiger partial charge is 0.270 e. The van der Waals surface area contributed by atoms with Crippen LogP contribution in [0.4, 0.5) is 0 Å². The summed E-state index contributed by atoms with van der Waals surface area (Å²) in [4.78, 5) is 18.8. The molecule has 0 spiro atoms. The van der Waals surface area contributed by atoms with Gasteiger partial charge in [-0.2, -0.15) is 4.98 Å². The van der Waals surface area contributed by atoms with E-state index in [2.05, 4.69) is 17.1 Å². The molecule has 0 fully saturated rings. The number of halogens is 1. The van der Waals surface area contributed by atoms with Crippen molar-refractivity contribution in [2.45, 2.75) is 45.7 Å². The van der Waals surface area contributed by atoms with Gasteiger partial charge in [-0.05, 0) is 32.4 Å². The quantitative estimate of drug-likeness (QED) is 0.891. The summed E-state index contributed by atoms with van der Waals surface area (Å²) in [6, 6.07) is 3.70. The summed E-state index contributed by atoms with van der Waals surface area (Å²) in [6.45, 7) is 8.01. The minimum Gasteiger partial charge on any atom is -0.337 e. The standard InChI is InChI=1S/C16H23N5O2.ClH/c1-4-5-8-20-9-10-21-11(6-7-12(21)14(20)22)13-18-15(23-19-13)16(2,3)17;/h6-7H,4-5,8-10,17H2,1-3H3;1H. The highest BCUT2D eigenvalue weighted by Crippen LogP contribution is 2.26. The third-order valence-corrected chi connectivity index (χ3v) is 4.07. The van der Waals surface area contributed by atoms with E-state index in [9.17, 15) is 4.79 Å². The van der Waals surface area contributed by atoms with Crippen LogP contribution in [0.1, 0.15) is 50.0 Å². The summed E-state index contributed by atoms with van der Waals surface area (Å²) in [5.74, 6) is 0.924. The van der Waals surface area contributed by atoms with Crippen LogP contribution < -0.4 is 5.73 Å². The molecular weight excluding hydrogens is 330 g/mol. The maximum absolute atomic E-state index is 12.6. The predicted molar refractivity (Wildman–Crippen MR) is 93.0 cm³/mol. The van der Waals surface area contributed by atoms with Gasteiger partial charge >= 0.3 is 0 Å². The lowest BCUT2D eigenvalue weighted by molar-refractivity contribution is 0.0703. The van der Waals surface area contributed by atoms with Crippen molar-refractivity contribution in [2.24, 2.45) is 5.73 Å². The van der Waals surface area contributed by atoms with Crippen LogP contribution in [-0.2, 0) is 12.1 Å². The molecule has 1 aliphatic rings. The van der Waals surface area contributed by atoms with Crippen molar-refractivity contribution in [3.05, 3.63) is 23.7 Å². The molecule has 2 aromatic rings. The first kappa shape index (κ1) is 18.5. The Labute approximate surface area is 147 Å². The minimum atomic E-state index is -0.685. The predicted octanol–water partition coefficient (Wildman–Crippen LogP) is 2.41. The molecule has 7 nitrogen and oxygen atoms in total. The summed E-state index contributed by atoms with van der Waals surface area (Å²) in [5.41, 5.74) is 6.77. The Bertz CT molecular complexity index is 716. The topological polar surface area (TPSA) is 90.2 Å². The highest BCUT2D eigenvalue weighted by atomic mass is 35.5. The Morgan fingerprint density at radius 2 is 2.00 bits per heavy atom. The number of aromatic nitrogens is 3. The zero-order chi connectivity index (χ0) is 16.6. The van der Waals surface area contributed by atoms with E-state index in [1.807, 2.05) is 35.4 Å². The highest BCUT2D eigenvalue weighted by molar-refractivity contribution is 5.94. The summed E-state index contributed by atoms with van der Waals surface area (Å²) < 4.78 is 7.21. The molecule has 3 rings (SSSR count). The number of rotatable bonds is 5. The number of amides is 1. The molecule has 2 N–H and O–H groups in total. The van der Waals surface area contributed by atoms with Crippen LogP contribution in [0.15, 0.2) is 16.7 Å². The first-order valence-electron chi connectivity index (χ1n) is 8.04.